The van der Waals surface area contributed by atoms with E-state index in [2.05, 4.69) is 20.5 Å². The van der Waals surface area contributed by atoms with Crippen LogP contribution in [0.5, 0.6) is 0 Å². The Kier molecular flexibility index (Phi) is 6.84. The summed E-state index contributed by atoms with van der Waals surface area (Å²) in [5.74, 6) is 0.378. The van der Waals surface area contributed by atoms with Gasteiger partial charge in [0.2, 0.25) is 5.91 Å². The van der Waals surface area contributed by atoms with Gasteiger partial charge in [-0.25, -0.2) is 4.39 Å². The number of halogens is 1. The van der Waals surface area contributed by atoms with E-state index in [0.29, 0.717) is 23.1 Å². The van der Waals surface area contributed by atoms with Crippen molar-refractivity contribution in [1.29, 1.82) is 0 Å². The number of amides is 1. The van der Waals surface area contributed by atoms with Gasteiger partial charge in [0.25, 0.3) is 0 Å². The van der Waals surface area contributed by atoms with Gasteiger partial charge in [-0.1, -0.05) is 62.0 Å². The van der Waals surface area contributed by atoms with Gasteiger partial charge in [-0.05, 0) is 35.9 Å². The lowest BCUT2D eigenvalue weighted by atomic mass is 9.84. The molecule has 2 heterocycles. The van der Waals surface area contributed by atoms with E-state index in [1.165, 1.54) is 17.8 Å². The van der Waals surface area contributed by atoms with Gasteiger partial charge < -0.3 is 5.32 Å². The molecule has 1 N–H and O–H groups in total. The Bertz CT molecular complexity index is 1230. The summed E-state index contributed by atoms with van der Waals surface area (Å²) in [6.45, 7) is 4.13. The van der Waals surface area contributed by atoms with Crippen molar-refractivity contribution in [2.45, 2.75) is 24.4 Å². The number of thioether (sulfide) groups is 1. The largest absolute Gasteiger partial charge is 0.354 e. The topological polar surface area (TPSA) is 72.7 Å². The Balaban J connectivity index is 1.48. The number of aromatic nitrogens is 4. The van der Waals surface area contributed by atoms with Crippen molar-refractivity contribution in [3.8, 4) is 17.1 Å². The maximum Gasteiger partial charge on any atom is 0.230 e. The molecule has 0 fully saturated rings. The molecule has 0 aliphatic carbocycles. The van der Waals surface area contributed by atoms with E-state index in [1.54, 1.807) is 30.6 Å². The van der Waals surface area contributed by atoms with E-state index in [4.69, 9.17) is 0 Å². The van der Waals surface area contributed by atoms with Gasteiger partial charge >= 0.3 is 0 Å². The Morgan fingerprint density at radius 2 is 1.79 bits per heavy atom. The van der Waals surface area contributed by atoms with Gasteiger partial charge in [0.15, 0.2) is 11.0 Å². The summed E-state index contributed by atoms with van der Waals surface area (Å²) in [7, 11) is 0. The minimum Gasteiger partial charge on any atom is -0.354 e. The third kappa shape index (κ3) is 5.28. The Morgan fingerprint density at radius 1 is 1.03 bits per heavy atom. The first kappa shape index (κ1) is 22.7. The fraction of sp³-hybridized carbons (Fsp3) is 0.200. The van der Waals surface area contributed by atoms with Crippen LogP contribution < -0.4 is 5.32 Å². The lowest BCUT2D eigenvalue weighted by molar-refractivity contribution is -0.118. The maximum absolute atomic E-state index is 14.2. The molecule has 4 rings (SSSR count). The number of benzene rings is 2. The van der Waals surface area contributed by atoms with Gasteiger partial charge in [0, 0.05) is 35.6 Å². The Labute approximate surface area is 196 Å². The van der Waals surface area contributed by atoms with Gasteiger partial charge in [-0.2, -0.15) is 0 Å². The van der Waals surface area contributed by atoms with Gasteiger partial charge in [0.05, 0.1) is 5.75 Å². The molecular weight excluding hydrogens is 437 g/mol. The molecule has 0 atom stereocenters. The molecule has 33 heavy (non-hydrogen) atoms. The third-order valence-corrected chi connectivity index (χ3v) is 6.16. The van der Waals surface area contributed by atoms with E-state index in [-0.39, 0.29) is 17.5 Å². The molecule has 4 aromatic rings. The molecule has 6 nitrogen and oxygen atoms in total. The highest BCUT2D eigenvalue weighted by Crippen LogP contribution is 2.28. The normalized spacial score (nSPS) is 11.4. The minimum absolute atomic E-state index is 0.157. The van der Waals surface area contributed by atoms with Crippen molar-refractivity contribution in [3.63, 3.8) is 0 Å². The van der Waals surface area contributed by atoms with Crippen molar-refractivity contribution in [3.05, 3.63) is 90.5 Å². The first-order chi connectivity index (χ1) is 16.0. The second-order valence-corrected chi connectivity index (χ2v) is 9.09. The zero-order valence-electron chi connectivity index (χ0n) is 18.4. The quantitative estimate of drug-likeness (QED) is 0.387. The predicted molar refractivity (Wildman–Crippen MR) is 128 cm³/mol. The number of nitrogens with zero attached hydrogens (tertiary/aromatic N) is 4. The molecule has 0 saturated carbocycles. The summed E-state index contributed by atoms with van der Waals surface area (Å²) >= 11 is 1.30. The fourth-order valence-corrected chi connectivity index (χ4v) is 4.24. The zero-order chi connectivity index (χ0) is 23.3. The molecule has 0 saturated heterocycles. The van der Waals surface area contributed by atoms with Crippen molar-refractivity contribution in [1.82, 2.24) is 25.1 Å². The number of rotatable bonds is 8. The Hall–Kier alpha value is -3.52. The second-order valence-electron chi connectivity index (χ2n) is 8.15. The lowest BCUT2D eigenvalue weighted by Crippen LogP contribution is -2.38. The number of pyridine rings is 1. The van der Waals surface area contributed by atoms with Crippen LogP contribution in [0.4, 0.5) is 4.39 Å². The second kappa shape index (κ2) is 9.95. The zero-order valence-corrected chi connectivity index (χ0v) is 19.2. The molecular formula is C25H24FN5OS. The molecule has 0 spiro atoms. The van der Waals surface area contributed by atoms with Crippen LogP contribution in [-0.4, -0.2) is 38.0 Å². The van der Waals surface area contributed by atoms with Crippen LogP contribution in [0.1, 0.15) is 19.4 Å². The van der Waals surface area contributed by atoms with Gasteiger partial charge in [0.1, 0.15) is 5.82 Å². The average Bonchev–Trinajstić information content (AvgIpc) is 3.27. The fourth-order valence-electron chi connectivity index (χ4n) is 3.46. The summed E-state index contributed by atoms with van der Waals surface area (Å²) in [6.07, 6.45) is 3.44. The number of hydrogen-bond donors (Lipinski definition) is 1. The predicted octanol–water partition coefficient (Wildman–Crippen LogP) is 4.65. The summed E-state index contributed by atoms with van der Waals surface area (Å²) in [6, 6.07) is 20.1. The van der Waals surface area contributed by atoms with Crippen molar-refractivity contribution in [2.75, 3.05) is 12.3 Å². The molecule has 2 aromatic heterocycles. The van der Waals surface area contributed by atoms with E-state index < -0.39 is 5.41 Å². The smallest absolute Gasteiger partial charge is 0.230 e. The molecule has 1 amide bonds. The Morgan fingerprint density at radius 3 is 2.52 bits per heavy atom. The van der Waals surface area contributed by atoms with Crippen LogP contribution in [0.15, 0.2) is 84.3 Å². The summed E-state index contributed by atoms with van der Waals surface area (Å²) in [5.41, 5.74) is 1.76. The summed E-state index contributed by atoms with van der Waals surface area (Å²) in [4.78, 5) is 16.8. The van der Waals surface area contributed by atoms with Crippen molar-refractivity contribution >= 4 is 17.7 Å². The highest BCUT2D eigenvalue weighted by atomic mass is 32.2. The minimum atomic E-state index is -0.538. The van der Waals surface area contributed by atoms with Crippen LogP contribution in [0, 0.1) is 5.82 Å². The van der Waals surface area contributed by atoms with E-state index in [9.17, 15) is 9.18 Å². The van der Waals surface area contributed by atoms with E-state index in [0.717, 1.165) is 11.3 Å². The van der Waals surface area contributed by atoms with Crippen LogP contribution in [0.25, 0.3) is 17.1 Å². The monoisotopic (exact) mass is 461 g/mol. The number of carbonyl (C=O) groups is 1. The van der Waals surface area contributed by atoms with Crippen LogP contribution in [0.2, 0.25) is 0 Å². The molecule has 168 valence electrons. The van der Waals surface area contributed by atoms with Crippen LogP contribution >= 0.6 is 11.8 Å². The molecule has 8 heteroatoms. The van der Waals surface area contributed by atoms with Crippen molar-refractivity contribution in [2.24, 2.45) is 0 Å². The molecule has 0 aliphatic rings. The van der Waals surface area contributed by atoms with E-state index >= 15 is 0 Å². The third-order valence-electron chi connectivity index (χ3n) is 5.23. The maximum atomic E-state index is 14.2. The summed E-state index contributed by atoms with van der Waals surface area (Å²) < 4.78 is 16.1. The van der Waals surface area contributed by atoms with E-state index in [1.807, 2.05) is 60.9 Å². The molecule has 0 bridgehead atoms. The molecule has 0 unspecified atom stereocenters. The average molecular weight is 462 g/mol. The summed E-state index contributed by atoms with van der Waals surface area (Å²) in [5, 5.41) is 12.2. The van der Waals surface area contributed by atoms with Gasteiger partial charge in [-0.3, -0.25) is 14.3 Å². The number of carbonyl (C=O) groups excluding carboxylic acids is 1. The number of para-hydroxylation sites is 1. The molecule has 0 radical (unpaired) electrons. The lowest BCUT2D eigenvalue weighted by Gasteiger charge is -2.26. The van der Waals surface area contributed by atoms with Crippen molar-refractivity contribution < 1.29 is 9.18 Å². The number of hydrogen-bond acceptors (Lipinski definition) is 5. The van der Waals surface area contributed by atoms with Gasteiger partial charge in [-0.15, -0.1) is 10.2 Å². The van der Waals surface area contributed by atoms with Crippen LogP contribution in [0.3, 0.4) is 0 Å². The molecule has 0 aliphatic heterocycles. The number of nitrogens with one attached hydrogen (secondary N) is 1. The SMILES string of the molecule is CC(C)(CNC(=O)CSc1nnc(-c2cccnc2)n1-c1ccccc1)c1ccccc1F. The first-order valence-electron chi connectivity index (χ1n) is 10.5. The first-order valence-corrected chi connectivity index (χ1v) is 11.5. The highest BCUT2D eigenvalue weighted by Gasteiger charge is 2.25. The standard InChI is InChI=1S/C25H24FN5OS/c1-25(2,20-12-6-7-13-21(20)26)17-28-22(32)16-33-24-30-29-23(18-9-8-14-27-15-18)31(24)19-10-4-3-5-11-19/h3-15H,16-17H2,1-2H3,(H,28,32). The highest BCUT2D eigenvalue weighted by molar-refractivity contribution is 7.99. The molecule has 2 aromatic carbocycles. The van der Waals surface area contributed by atoms with Crippen LogP contribution in [-0.2, 0) is 10.2 Å².